The number of carbonyl (C=O) groups is 3. The van der Waals surface area contributed by atoms with Gasteiger partial charge in [0.25, 0.3) is 0 Å². The molecular formula is C27H34N2O5. The van der Waals surface area contributed by atoms with E-state index in [1.165, 1.54) is 0 Å². The summed E-state index contributed by atoms with van der Waals surface area (Å²) in [5, 5.41) is 11.7. The molecule has 1 aliphatic carbocycles. The van der Waals surface area contributed by atoms with E-state index < -0.39 is 24.0 Å². The van der Waals surface area contributed by atoms with Crippen molar-refractivity contribution >= 4 is 18.0 Å². The highest BCUT2D eigenvalue weighted by Gasteiger charge is 2.31. The zero-order valence-corrected chi connectivity index (χ0v) is 20.3. The lowest BCUT2D eigenvalue weighted by atomic mass is 9.98. The summed E-state index contributed by atoms with van der Waals surface area (Å²) in [5.74, 6) is -1.51. The molecule has 0 spiro atoms. The van der Waals surface area contributed by atoms with E-state index in [9.17, 15) is 14.4 Å². The molecule has 7 heteroatoms. The van der Waals surface area contributed by atoms with Crippen LogP contribution in [-0.4, -0.2) is 53.2 Å². The van der Waals surface area contributed by atoms with E-state index in [-0.39, 0.29) is 30.9 Å². The first-order valence-corrected chi connectivity index (χ1v) is 11.8. The zero-order chi connectivity index (χ0) is 24.8. The average Bonchev–Trinajstić information content (AvgIpc) is 3.13. The number of hydrogen-bond donors (Lipinski definition) is 2. The number of nitrogens with one attached hydrogen (secondary N) is 1. The minimum absolute atomic E-state index is 0.0123. The number of hydrogen-bond acceptors (Lipinski definition) is 4. The summed E-state index contributed by atoms with van der Waals surface area (Å²) in [7, 11) is 0. The Hall–Kier alpha value is -3.35. The van der Waals surface area contributed by atoms with Crippen molar-refractivity contribution in [1.82, 2.24) is 10.2 Å². The Kier molecular flexibility index (Phi) is 8.31. The predicted octanol–water partition coefficient (Wildman–Crippen LogP) is 4.65. The van der Waals surface area contributed by atoms with Crippen LogP contribution < -0.4 is 5.32 Å². The molecule has 0 saturated heterocycles. The normalized spacial score (nSPS) is 14.1. The molecule has 0 saturated carbocycles. The van der Waals surface area contributed by atoms with Gasteiger partial charge in [-0.2, -0.15) is 0 Å². The van der Waals surface area contributed by atoms with Crippen molar-refractivity contribution in [2.45, 2.75) is 58.5 Å². The molecule has 0 aromatic heterocycles. The topological polar surface area (TPSA) is 95.9 Å². The van der Waals surface area contributed by atoms with Gasteiger partial charge in [0.05, 0.1) is 5.92 Å². The highest BCUT2D eigenvalue weighted by atomic mass is 16.5. The number of alkyl carbamates (subject to hydrolysis) is 1. The fraction of sp³-hybridized carbons (Fsp3) is 0.444. The van der Waals surface area contributed by atoms with Crippen LogP contribution in [0.5, 0.6) is 0 Å². The molecule has 2 unspecified atom stereocenters. The minimum Gasteiger partial charge on any atom is -0.481 e. The van der Waals surface area contributed by atoms with Gasteiger partial charge in [0.15, 0.2) is 0 Å². The largest absolute Gasteiger partial charge is 0.481 e. The number of nitrogens with zero attached hydrogens (tertiary/aromatic N) is 1. The van der Waals surface area contributed by atoms with Gasteiger partial charge in [0, 0.05) is 31.0 Å². The monoisotopic (exact) mass is 466 g/mol. The summed E-state index contributed by atoms with van der Waals surface area (Å²) < 4.78 is 5.60. The molecule has 0 radical (unpaired) electrons. The van der Waals surface area contributed by atoms with Crippen LogP contribution in [0.15, 0.2) is 48.5 Å². The van der Waals surface area contributed by atoms with E-state index >= 15 is 0 Å². The highest BCUT2D eigenvalue weighted by molar-refractivity contribution is 5.81. The number of carbonyl (C=O) groups excluding carboxylic acids is 2. The molecule has 2 aromatic carbocycles. The maximum Gasteiger partial charge on any atom is 0.407 e. The molecule has 182 valence electrons. The van der Waals surface area contributed by atoms with E-state index in [2.05, 4.69) is 29.6 Å². The van der Waals surface area contributed by atoms with Gasteiger partial charge in [-0.25, -0.2) is 4.79 Å². The second-order valence-corrected chi connectivity index (χ2v) is 9.17. The Bertz CT molecular complexity index is 990. The summed E-state index contributed by atoms with van der Waals surface area (Å²) in [6.45, 7) is 7.92. The van der Waals surface area contributed by atoms with E-state index in [1.54, 1.807) is 18.7 Å². The van der Waals surface area contributed by atoms with Crippen LogP contribution in [-0.2, 0) is 14.3 Å². The van der Waals surface area contributed by atoms with E-state index in [4.69, 9.17) is 9.84 Å². The first-order chi connectivity index (χ1) is 16.2. The predicted molar refractivity (Wildman–Crippen MR) is 131 cm³/mol. The average molecular weight is 467 g/mol. The lowest BCUT2D eigenvalue weighted by Gasteiger charge is -2.31. The molecular weight excluding hydrogens is 432 g/mol. The quantitative estimate of drug-likeness (QED) is 0.531. The summed E-state index contributed by atoms with van der Waals surface area (Å²) in [6.07, 6.45) is -0.158. The van der Waals surface area contributed by atoms with Gasteiger partial charge in [-0.3, -0.25) is 9.59 Å². The lowest BCUT2D eigenvalue weighted by Crippen LogP contribution is -2.48. The van der Waals surface area contributed by atoms with E-state index in [0.717, 1.165) is 22.3 Å². The molecule has 2 aromatic rings. The minimum atomic E-state index is -0.880. The Morgan fingerprint density at radius 1 is 0.971 bits per heavy atom. The molecule has 1 aliphatic rings. The summed E-state index contributed by atoms with van der Waals surface area (Å²) in [6, 6.07) is 15.8. The van der Waals surface area contributed by atoms with Gasteiger partial charge >= 0.3 is 12.1 Å². The molecule has 0 fully saturated rings. The third-order valence-corrected chi connectivity index (χ3v) is 6.52. The standard InChI is InChI=1S/C27H34N2O5/c1-17(2)29(15-9-14-25(30)31)26(32)18(3)19(4)28-27(33)34-16-24-22-12-7-5-10-20(22)21-11-6-8-13-23(21)24/h5-8,10-13,17-19,24H,9,14-16H2,1-4H3,(H,28,33)(H,30,31). The number of rotatable bonds is 10. The number of carboxylic acids is 1. The fourth-order valence-corrected chi connectivity index (χ4v) is 4.45. The maximum atomic E-state index is 13.0. The van der Waals surface area contributed by atoms with Crippen molar-refractivity contribution in [3.05, 3.63) is 59.7 Å². The van der Waals surface area contributed by atoms with Crippen molar-refractivity contribution < 1.29 is 24.2 Å². The molecule has 34 heavy (non-hydrogen) atoms. The number of amides is 2. The molecule has 0 bridgehead atoms. The van der Waals surface area contributed by atoms with E-state index in [0.29, 0.717) is 13.0 Å². The van der Waals surface area contributed by atoms with E-state index in [1.807, 2.05) is 38.1 Å². The Balaban J connectivity index is 1.57. The van der Waals surface area contributed by atoms with Gasteiger partial charge in [-0.15, -0.1) is 0 Å². The molecule has 2 N–H and O–H groups in total. The van der Waals surface area contributed by atoms with Crippen LogP contribution in [0.4, 0.5) is 4.79 Å². The second-order valence-electron chi connectivity index (χ2n) is 9.17. The zero-order valence-electron chi connectivity index (χ0n) is 20.3. The van der Waals surface area contributed by atoms with Gasteiger partial charge in [0.2, 0.25) is 5.91 Å². The summed E-state index contributed by atoms with van der Waals surface area (Å²) in [5.41, 5.74) is 4.61. The molecule has 0 heterocycles. The smallest absolute Gasteiger partial charge is 0.407 e. The van der Waals surface area contributed by atoms with Gasteiger partial charge < -0.3 is 20.1 Å². The Morgan fingerprint density at radius 3 is 2.06 bits per heavy atom. The van der Waals surface area contributed by atoms with Crippen LogP contribution in [0.25, 0.3) is 11.1 Å². The van der Waals surface area contributed by atoms with Gasteiger partial charge in [0.1, 0.15) is 6.61 Å². The van der Waals surface area contributed by atoms with Crippen LogP contribution in [0.3, 0.4) is 0 Å². The van der Waals surface area contributed by atoms with Crippen molar-refractivity contribution in [1.29, 1.82) is 0 Å². The summed E-state index contributed by atoms with van der Waals surface area (Å²) >= 11 is 0. The first kappa shape index (κ1) is 25.3. The number of carboxylic acid groups (broad SMARTS) is 1. The van der Waals surface area contributed by atoms with Crippen LogP contribution in [0.1, 0.15) is 57.6 Å². The first-order valence-electron chi connectivity index (χ1n) is 11.8. The van der Waals surface area contributed by atoms with Crippen LogP contribution in [0, 0.1) is 5.92 Å². The molecule has 0 aliphatic heterocycles. The number of fused-ring (bicyclic) bond motifs is 3. The number of aliphatic carboxylic acids is 1. The lowest BCUT2D eigenvalue weighted by molar-refractivity contribution is -0.140. The number of benzene rings is 2. The molecule has 2 atom stereocenters. The maximum absolute atomic E-state index is 13.0. The second kappa shape index (κ2) is 11.2. The van der Waals surface area contributed by atoms with Crippen LogP contribution >= 0.6 is 0 Å². The van der Waals surface area contributed by atoms with Gasteiger partial charge in [-0.05, 0) is 49.4 Å². The Labute approximate surface area is 201 Å². The van der Waals surface area contributed by atoms with Crippen LogP contribution in [0.2, 0.25) is 0 Å². The third-order valence-electron chi connectivity index (χ3n) is 6.52. The molecule has 2 amide bonds. The third kappa shape index (κ3) is 5.76. The van der Waals surface area contributed by atoms with Crippen molar-refractivity contribution in [3.63, 3.8) is 0 Å². The number of ether oxygens (including phenoxy) is 1. The SMILES string of the molecule is CC(NC(=O)OCC1c2ccccc2-c2ccccc21)C(C)C(=O)N(CCCC(=O)O)C(C)C. The Morgan fingerprint density at radius 2 is 1.53 bits per heavy atom. The molecule has 3 rings (SSSR count). The van der Waals surface area contributed by atoms with Crippen molar-refractivity contribution in [2.24, 2.45) is 5.92 Å². The van der Waals surface area contributed by atoms with Crippen molar-refractivity contribution in [2.75, 3.05) is 13.2 Å². The summed E-state index contributed by atoms with van der Waals surface area (Å²) in [4.78, 5) is 38.1. The fourth-order valence-electron chi connectivity index (χ4n) is 4.45. The van der Waals surface area contributed by atoms with Crippen molar-refractivity contribution in [3.8, 4) is 11.1 Å². The molecule has 7 nitrogen and oxygen atoms in total. The highest BCUT2D eigenvalue weighted by Crippen LogP contribution is 2.44. The van der Waals surface area contributed by atoms with Gasteiger partial charge in [-0.1, -0.05) is 55.5 Å².